The zero-order chi connectivity index (χ0) is 16.1. The molecule has 5 nitrogen and oxygen atoms in total. The molecule has 0 unspecified atom stereocenters. The summed E-state index contributed by atoms with van der Waals surface area (Å²) < 4.78 is 4.65. The minimum Gasteiger partial charge on any atom is -0.468 e. The second-order valence-electron chi connectivity index (χ2n) is 4.76. The average molecular weight is 318 g/mol. The van der Waals surface area contributed by atoms with E-state index in [0.29, 0.717) is 22.1 Å². The van der Waals surface area contributed by atoms with Crippen molar-refractivity contribution in [1.29, 1.82) is 0 Å². The molecule has 1 N–H and O–H groups in total. The van der Waals surface area contributed by atoms with Crippen LogP contribution in [0.1, 0.15) is 24.3 Å². The number of aliphatic hydroxyl groups excluding tert-OH is 1. The molecule has 0 aliphatic carbocycles. The fourth-order valence-electron chi connectivity index (χ4n) is 2.05. The molecule has 0 amide bonds. The van der Waals surface area contributed by atoms with Crippen molar-refractivity contribution >= 4 is 17.7 Å². The first-order valence-corrected chi connectivity index (χ1v) is 7.83. The van der Waals surface area contributed by atoms with E-state index < -0.39 is 6.10 Å². The van der Waals surface area contributed by atoms with Crippen LogP contribution in [0.4, 0.5) is 0 Å². The van der Waals surface area contributed by atoms with Gasteiger partial charge in [0.05, 0.1) is 19.0 Å². The maximum Gasteiger partial charge on any atom is 0.316 e. The third-order valence-electron chi connectivity index (χ3n) is 3.11. The van der Waals surface area contributed by atoms with Crippen LogP contribution < -0.4 is 0 Å². The van der Waals surface area contributed by atoms with Gasteiger partial charge < -0.3 is 9.84 Å². The summed E-state index contributed by atoms with van der Waals surface area (Å²) in [5, 5.41) is 10.6. The molecule has 0 bridgehead atoms. The number of esters is 1. The molecule has 2 aromatic rings. The summed E-state index contributed by atoms with van der Waals surface area (Å²) in [5.74, 6) is 0.384. The lowest BCUT2D eigenvalue weighted by atomic mass is 10.1. The number of benzene rings is 1. The van der Waals surface area contributed by atoms with Crippen LogP contribution in [0, 0.1) is 6.92 Å². The summed E-state index contributed by atoms with van der Waals surface area (Å²) in [6, 6.07) is 9.60. The average Bonchev–Trinajstić information content (AvgIpc) is 2.52. The maximum absolute atomic E-state index is 11.4. The number of aliphatic hydroxyl groups is 1. The smallest absolute Gasteiger partial charge is 0.316 e. The molecule has 0 saturated carbocycles. The lowest BCUT2D eigenvalue weighted by molar-refractivity contribution is -0.137. The number of nitrogens with zero attached hydrogens (tertiary/aromatic N) is 2. The van der Waals surface area contributed by atoms with Crippen molar-refractivity contribution in [3.8, 4) is 11.4 Å². The number of methoxy groups -OCH3 is 1. The van der Waals surface area contributed by atoms with Crippen LogP contribution in [0.5, 0.6) is 0 Å². The van der Waals surface area contributed by atoms with Crippen molar-refractivity contribution in [2.24, 2.45) is 0 Å². The molecule has 2 rings (SSSR count). The highest BCUT2D eigenvalue weighted by molar-refractivity contribution is 7.99. The zero-order valence-corrected chi connectivity index (χ0v) is 13.6. The van der Waals surface area contributed by atoms with Crippen molar-refractivity contribution in [1.82, 2.24) is 9.97 Å². The lowest BCUT2D eigenvalue weighted by Gasteiger charge is -2.14. The number of rotatable bonds is 5. The van der Waals surface area contributed by atoms with Gasteiger partial charge in [-0.1, -0.05) is 42.1 Å². The van der Waals surface area contributed by atoms with Crippen LogP contribution in [0.3, 0.4) is 0 Å². The van der Waals surface area contributed by atoms with E-state index >= 15 is 0 Å². The number of carbonyl (C=O) groups excluding carboxylic acids is 1. The van der Waals surface area contributed by atoms with Crippen LogP contribution in [0.25, 0.3) is 11.4 Å². The molecule has 1 aromatic heterocycles. The molecule has 1 heterocycles. The summed E-state index contributed by atoms with van der Waals surface area (Å²) in [6.07, 6.45) is -0.704. The number of hydrogen-bond acceptors (Lipinski definition) is 6. The van der Waals surface area contributed by atoms with Gasteiger partial charge in [0.1, 0.15) is 5.03 Å². The Morgan fingerprint density at radius 2 is 2.00 bits per heavy atom. The monoisotopic (exact) mass is 318 g/mol. The first-order chi connectivity index (χ1) is 10.5. The predicted molar refractivity (Wildman–Crippen MR) is 85.6 cm³/mol. The van der Waals surface area contributed by atoms with Gasteiger partial charge in [0, 0.05) is 16.8 Å². The van der Waals surface area contributed by atoms with Gasteiger partial charge in [-0.3, -0.25) is 4.79 Å². The number of ether oxygens (including phenoxy) is 1. The van der Waals surface area contributed by atoms with Crippen molar-refractivity contribution in [3.63, 3.8) is 0 Å². The van der Waals surface area contributed by atoms with Gasteiger partial charge in [-0.25, -0.2) is 9.97 Å². The Morgan fingerprint density at radius 1 is 1.32 bits per heavy atom. The van der Waals surface area contributed by atoms with Crippen LogP contribution in [-0.4, -0.2) is 33.9 Å². The zero-order valence-electron chi connectivity index (χ0n) is 12.7. The van der Waals surface area contributed by atoms with Crippen LogP contribution in [-0.2, 0) is 9.53 Å². The number of aromatic nitrogens is 2. The SMILES string of the molecule is COC(=O)CSc1nc(-c2ccccc2)nc(C)c1[C@@H](C)O. The van der Waals surface area contributed by atoms with E-state index in [1.165, 1.54) is 18.9 Å². The van der Waals surface area contributed by atoms with E-state index in [1.807, 2.05) is 37.3 Å². The highest BCUT2D eigenvalue weighted by Gasteiger charge is 2.18. The highest BCUT2D eigenvalue weighted by atomic mass is 32.2. The summed E-state index contributed by atoms with van der Waals surface area (Å²) in [4.78, 5) is 20.3. The van der Waals surface area contributed by atoms with Crippen LogP contribution >= 0.6 is 11.8 Å². The van der Waals surface area contributed by atoms with Gasteiger partial charge in [-0.2, -0.15) is 0 Å². The van der Waals surface area contributed by atoms with E-state index in [4.69, 9.17) is 0 Å². The van der Waals surface area contributed by atoms with Gasteiger partial charge in [0.2, 0.25) is 0 Å². The van der Waals surface area contributed by atoms with Crippen LogP contribution in [0.15, 0.2) is 35.4 Å². The molecule has 0 radical (unpaired) electrons. The largest absolute Gasteiger partial charge is 0.468 e. The molecule has 1 aromatic carbocycles. The summed E-state index contributed by atoms with van der Waals surface area (Å²) in [7, 11) is 1.35. The molecule has 0 spiro atoms. The van der Waals surface area contributed by atoms with Crippen molar-refractivity contribution in [3.05, 3.63) is 41.6 Å². The molecule has 0 aliphatic heterocycles. The molecular formula is C16H18N2O3S. The van der Waals surface area contributed by atoms with Gasteiger partial charge >= 0.3 is 5.97 Å². The first kappa shape index (κ1) is 16.5. The number of thioether (sulfide) groups is 1. The molecule has 0 fully saturated rings. The molecule has 1 atom stereocenters. The Morgan fingerprint density at radius 3 is 2.59 bits per heavy atom. The topological polar surface area (TPSA) is 72.3 Å². The van der Waals surface area contributed by atoms with Gasteiger partial charge in [0.15, 0.2) is 5.82 Å². The third-order valence-corrected chi connectivity index (χ3v) is 4.07. The highest BCUT2D eigenvalue weighted by Crippen LogP contribution is 2.30. The lowest BCUT2D eigenvalue weighted by Crippen LogP contribution is -2.08. The summed E-state index contributed by atoms with van der Waals surface area (Å²) >= 11 is 1.25. The van der Waals surface area contributed by atoms with Crippen molar-refractivity contribution < 1.29 is 14.6 Å². The molecule has 6 heteroatoms. The quantitative estimate of drug-likeness (QED) is 0.519. The molecular weight excluding hydrogens is 300 g/mol. The minimum atomic E-state index is -0.704. The van der Waals surface area contributed by atoms with Gasteiger partial charge in [-0.15, -0.1) is 0 Å². The Labute approximate surface area is 133 Å². The van der Waals surface area contributed by atoms with Crippen molar-refractivity contribution in [2.75, 3.05) is 12.9 Å². The van der Waals surface area contributed by atoms with E-state index in [1.54, 1.807) is 6.92 Å². The standard InChI is InChI=1S/C16H18N2O3S/c1-10-14(11(2)19)16(22-9-13(20)21-3)18-15(17-10)12-7-5-4-6-8-12/h4-8,11,19H,9H2,1-3H3/t11-/m1/s1. The van der Waals surface area contributed by atoms with E-state index in [9.17, 15) is 9.90 Å². The molecule has 22 heavy (non-hydrogen) atoms. The Hall–Kier alpha value is -1.92. The Kier molecular flexibility index (Phi) is 5.51. The van der Waals surface area contributed by atoms with Crippen molar-refractivity contribution in [2.45, 2.75) is 25.0 Å². The molecule has 0 aliphatic rings. The normalized spacial score (nSPS) is 12.0. The fourth-order valence-corrected chi connectivity index (χ4v) is 3.05. The second kappa shape index (κ2) is 7.38. The summed E-state index contributed by atoms with van der Waals surface area (Å²) in [5.41, 5.74) is 2.24. The maximum atomic E-state index is 11.4. The van der Waals surface area contributed by atoms with Crippen LogP contribution in [0.2, 0.25) is 0 Å². The number of aryl methyl sites for hydroxylation is 1. The minimum absolute atomic E-state index is 0.140. The second-order valence-corrected chi connectivity index (χ2v) is 5.72. The summed E-state index contributed by atoms with van der Waals surface area (Å²) in [6.45, 7) is 3.49. The van der Waals surface area contributed by atoms with E-state index in [2.05, 4.69) is 14.7 Å². The fraction of sp³-hybridized carbons (Fsp3) is 0.312. The number of carbonyl (C=O) groups is 1. The Balaban J connectivity index is 2.43. The van der Waals surface area contributed by atoms with E-state index in [-0.39, 0.29) is 11.7 Å². The molecule has 0 saturated heterocycles. The van der Waals surface area contributed by atoms with Gasteiger partial charge in [-0.05, 0) is 13.8 Å². The third kappa shape index (κ3) is 3.84. The van der Waals surface area contributed by atoms with E-state index in [0.717, 1.165) is 5.56 Å². The van der Waals surface area contributed by atoms with Gasteiger partial charge in [0.25, 0.3) is 0 Å². The number of hydrogen-bond donors (Lipinski definition) is 1. The first-order valence-electron chi connectivity index (χ1n) is 6.84. The Bertz CT molecular complexity index is 660. The molecule has 116 valence electrons. The predicted octanol–water partition coefficient (Wildman–Crippen LogP) is 2.77.